The van der Waals surface area contributed by atoms with E-state index < -0.39 is 11.9 Å². The molecule has 12 heteroatoms. The second-order valence-electron chi connectivity index (χ2n) is 9.24. The number of hydrogen-bond acceptors (Lipinski definition) is 7. The van der Waals surface area contributed by atoms with E-state index in [0.717, 1.165) is 55.6 Å². The Bertz CT molecular complexity index is 1850. The van der Waals surface area contributed by atoms with Gasteiger partial charge in [0.15, 0.2) is 0 Å². The summed E-state index contributed by atoms with van der Waals surface area (Å²) in [5.41, 5.74) is 30.2. The average Bonchev–Trinajstić information content (AvgIpc) is 2.92. The molecule has 0 amide bonds. The molecule has 6 rings (SSSR count). The van der Waals surface area contributed by atoms with Gasteiger partial charge in [-0.3, -0.25) is 0 Å². The van der Waals surface area contributed by atoms with Gasteiger partial charge in [0.2, 0.25) is 11.0 Å². The van der Waals surface area contributed by atoms with Crippen molar-refractivity contribution in [2.75, 3.05) is 22.9 Å². The highest BCUT2D eigenvalue weighted by Crippen LogP contribution is 2.23. The van der Waals surface area contributed by atoms with Gasteiger partial charge in [-0.25, -0.2) is 14.6 Å². The third kappa shape index (κ3) is 8.59. The number of benzene rings is 4. The lowest BCUT2D eigenvalue weighted by Gasteiger charge is -2.03. The van der Waals surface area contributed by atoms with Crippen molar-refractivity contribution in [3.8, 4) is 0 Å². The van der Waals surface area contributed by atoms with Crippen LogP contribution in [0.2, 0.25) is 0 Å². The summed E-state index contributed by atoms with van der Waals surface area (Å²) in [6.45, 7) is 0. The molecule has 10 N–H and O–H groups in total. The number of halogens is 2. The Morgan fingerprint density at radius 1 is 0.581 bits per heavy atom. The van der Waals surface area contributed by atoms with Gasteiger partial charge in [0.05, 0.1) is 11.0 Å². The highest BCUT2D eigenvalue weighted by Gasteiger charge is 2.11. The number of fused-ring (bicyclic) bond motifs is 4. The van der Waals surface area contributed by atoms with Crippen LogP contribution in [-0.4, -0.2) is 27.1 Å². The zero-order chi connectivity index (χ0) is 29.7. The zero-order valence-electron chi connectivity index (χ0n) is 22.9. The third-order valence-corrected chi connectivity index (χ3v) is 6.17. The number of nitrogens with zero attached hydrogens (tertiary/aromatic N) is 2. The van der Waals surface area contributed by atoms with Crippen molar-refractivity contribution in [2.45, 2.75) is 0 Å². The van der Waals surface area contributed by atoms with Crippen LogP contribution in [-0.2, 0) is 16.6 Å². The number of nitrogen functional groups attached to an aromatic ring is 4. The van der Waals surface area contributed by atoms with E-state index in [0.29, 0.717) is 12.2 Å². The molecular formula is C31H29Cl2N6O4-. The Hall–Kier alpha value is -5.32. The van der Waals surface area contributed by atoms with Crippen LogP contribution in [0.5, 0.6) is 0 Å². The maximum Gasteiger partial charge on any atom is 0.328 e. The number of carboxylic acid groups (broad SMARTS) is 2. The average molecular weight is 621 g/mol. The van der Waals surface area contributed by atoms with Crippen LogP contribution >= 0.6 is 0 Å². The van der Waals surface area contributed by atoms with Crippen molar-refractivity contribution >= 4 is 78.3 Å². The largest absolute Gasteiger partial charge is 1.00 e. The normalized spacial score (nSPS) is 10.3. The molecule has 0 aliphatic heterocycles. The monoisotopic (exact) mass is 619 g/mol. The summed E-state index contributed by atoms with van der Waals surface area (Å²) >= 11 is 0. The summed E-state index contributed by atoms with van der Waals surface area (Å²) in [6, 6.07) is 27.6. The maximum atomic E-state index is 9.55. The van der Waals surface area contributed by atoms with E-state index in [1.165, 1.54) is 10.8 Å². The second kappa shape index (κ2) is 14.5. The predicted octanol–water partition coefficient (Wildman–Crippen LogP) is -1.75. The lowest BCUT2D eigenvalue weighted by atomic mass is 10.1. The SMILES string of the molecule is C[n+]1c2cc(N)ccc2cc2ccc(N)cc21.Nc1ccc2cc3ccc(N)cc3nc2c1.O=C(O)/C=C/C(=O)O.[Cl-].[Cl-]. The molecule has 6 aromatic rings. The number of carboxylic acids is 2. The molecular weight excluding hydrogens is 591 g/mol. The minimum Gasteiger partial charge on any atom is -1.00 e. The van der Waals surface area contributed by atoms with Crippen LogP contribution in [0.25, 0.3) is 43.6 Å². The topological polar surface area (TPSA) is 195 Å². The molecule has 2 aromatic heterocycles. The zero-order valence-corrected chi connectivity index (χ0v) is 24.4. The highest BCUT2D eigenvalue weighted by atomic mass is 35.5. The predicted molar refractivity (Wildman–Crippen MR) is 164 cm³/mol. The molecule has 43 heavy (non-hydrogen) atoms. The van der Waals surface area contributed by atoms with Crippen molar-refractivity contribution in [2.24, 2.45) is 7.05 Å². The smallest absolute Gasteiger partial charge is 0.328 e. The molecule has 10 nitrogen and oxygen atoms in total. The van der Waals surface area contributed by atoms with Gasteiger partial charge in [0.25, 0.3) is 0 Å². The molecule has 0 radical (unpaired) electrons. The highest BCUT2D eigenvalue weighted by molar-refractivity contribution is 5.95. The number of anilines is 4. The van der Waals surface area contributed by atoms with E-state index in [9.17, 15) is 9.59 Å². The Labute approximate surface area is 259 Å². The second-order valence-corrected chi connectivity index (χ2v) is 9.24. The number of carbonyl (C=O) groups is 2. The molecule has 0 aliphatic rings. The summed E-state index contributed by atoms with van der Waals surface area (Å²) in [5.74, 6) is -2.51. The lowest BCUT2D eigenvalue weighted by molar-refractivity contribution is -0.617. The molecule has 222 valence electrons. The van der Waals surface area contributed by atoms with Gasteiger partial charge in [-0.2, -0.15) is 4.57 Å². The molecule has 0 saturated carbocycles. The standard InChI is InChI=1S/C14H13N3.C13H11N3.C4H4O4.2ClH/c1-17-13-7-11(15)4-2-9(13)6-10-3-5-12(16)8-14(10)17;14-10-3-1-8-5-9-2-4-11(15)7-13(9)16-12(8)6-10;5-3(6)1-2-4(7)8;;/h2-8H,1H3,(H3,15,16);1-7H,14-15H2;1-2H,(H,5,6)(H,7,8);2*1H/p-1/b;;2-1+;;. The van der Waals surface area contributed by atoms with Gasteiger partial charge in [0.1, 0.15) is 7.05 Å². The van der Waals surface area contributed by atoms with Crippen LogP contribution < -0.4 is 52.3 Å². The first-order chi connectivity index (χ1) is 19.5. The van der Waals surface area contributed by atoms with Crippen molar-refractivity contribution in [3.05, 3.63) is 97.1 Å². The van der Waals surface area contributed by atoms with Gasteiger partial charge < -0.3 is 58.0 Å². The van der Waals surface area contributed by atoms with Crippen LogP contribution in [0.4, 0.5) is 22.7 Å². The van der Waals surface area contributed by atoms with E-state index >= 15 is 0 Å². The Balaban J connectivity index is 0.000000234. The lowest BCUT2D eigenvalue weighted by Crippen LogP contribution is -3.00. The molecule has 2 heterocycles. The minimum absolute atomic E-state index is 0. The van der Waals surface area contributed by atoms with Crippen molar-refractivity contribution in [3.63, 3.8) is 0 Å². The Morgan fingerprint density at radius 3 is 1.28 bits per heavy atom. The first kappa shape index (κ1) is 33.9. The number of hydrogen-bond donors (Lipinski definition) is 6. The van der Waals surface area contributed by atoms with Crippen molar-refractivity contribution in [1.29, 1.82) is 0 Å². The van der Waals surface area contributed by atoms with E-state index in [1.807, 2.05) is 79.8 Å². The molecule has 4 aromatic carbocycles. The number of rotatable bonds is 2. The number of nitrogens with two attached hydrogens (primary N) is 4. The summed E-state index contributed by atoms with van der Waals surface area (Å²) in [4.78, 5) is 23.6. The quantitative estimate of drug-likeness (QED) is 0.0564. The summed E-state index contributed by atoms with van der Waals surface area (Å²) in [7, 11) is 2.03. The molecule has 0 spiro atoms. The van der Waals surface area contributed by atoms with Gasteiger partial charge in [-0.05, 0) is 60.7 Å². The third-order valence-electron chi connectivity index (χ3n) is 6.17. The molecule has 0 unspecified atom stereocenters. The van der Waals surface area contributed by atoms with Crippen molar-refractivity contribution in [1.82, 2.24) is 4.98 Å². The van der Waals surface area contributed by atoms with E-state index in [1.54, 1.807) is 0 Å². The van der Waals surface area contributed by atoms with Crippen LogP contribution in [0.1, 0.15) is 0 Å². The van der Waals surface area contributed by atoms with Gasteiger partial charge in [-0.15, -0.1) is 0 Å². The van der Waals surface area contributed by atoms with E-state index in [2.05, 4.69) is 21.7 Å². The summed E-state index contributed by atoms with van der Waals surface area (Å²) in [5, 5.41) is 20.2. The number of aromatic nitrogens is 2. The summed E-state index contributed by atoms with van der Waals surface area (Å²) in [6.07, 6.45) is 1.12. The summed E-state index contributed by atoms with van der Waals surface area (Å²) < 4.78 is 2.12. The molecule has 0 atom stereocenters. The Kier molecular flexibility index (Phi) is 11.5. The fourth-order valence-electron chi connectivity index (χ4n) is 4.24. The van der Waals surface area contributed by atoms with E-state index in [-0.39, 0.29) is 24.8 Å². The fraction of sp³-hybridized carbons (Fsp3) is 0.0323. The van der Waals surface area contributed by atoms with Crippen LogP contribution in [0.3, 0.4) is 0 Å². The maximum absolute atomic E-state index is 9.55. The van der Waals surface area contributed by atoms with Crippen LogP contribution in [0, 0.1) is 0 Å². The molecule has 0 fully saturated rings. The van der Waals surface area contributed by atoms with E-state index in [4.69, 9.17) is 33.1 Å². The first-order valence-corrected chi connectivity index (χ1v) is 12.4. The number of aliphatic carboxylic acids is 2. The van der Waals surface area contributed by atoms with Crippen LogP contribution in [0.15, 0.2) is 97.1 Å². The number of aryl methyl sites for hydroxylation is 1. The van der Waals surface area contributed by atoms with Gasteiger partial charge in [0, 0.05) is 68.6 Å². The van der Waals surface area contributed by atoms with Gasteiger partial charge >= 0.3 is 11.9 Å². The fourth-order valence-corrected chi connectivity index (χ4v) is 4.24. The van der Waals surface area contributed by atoms with Gasteiger partial charge in [-0.1, -0.05) is 12.1 Å². The first-order valence-electron chi connectivity index (χ1n) is 12.4. The minimum atomic E-state index is -1.26. The number of pyridine rings is 2. The molecule has 0 saturated heterocycles. The molecule has 0 bridgehead atoms. The molecule has 0 aliphatic carbocycles. The van der Waals surface area contributed by atoms with Crippen molar-refractivity contribution < 1.29 is 49.2 Å². The Morgan fingerprint density at radius 2 is 0.907 bits per heavy atom.